The van der Waals surface area contributed by atoms with Crippen LogP contribution in [-0.2, 0) is 0 Å². The zero-order valence-corrected chi connectivity index (χ0v) is 12.5. The van der Waals surface area contributed by atoms with Crippen molar-refractivity contribution in [2.24, 2.45) is 5.73 Å². The summed E-state index contributed by atoms with van der Waals surface area (Å²) < 4.78 is 12.2. The third-order valence-electron chi connectivity index (χ3n) is 2.76. The highest BCUT2D eigenvalue weighted by Gasteiger charge is 2.15. The standard InChI is InChI=1S/C15H16BrNO2/c1-10(17)15-13(18-2)8-5-9-14(15)19-12-7-4-3-6-11(12)16/h3-10H,17H2,1-2H3. The van der Waals surface area contributed by atoms with Crippen molar-refractivity contribution >= 4 is 15.9 Å². The minimum Gasteiger partial charge on any atom is -0.496 e. The Balaban J connectivity index is 2.43. The van der Waals surface area contributed by atoms with Crippen molar-refractivity contribution in [1.82, 2.24) is 0 Å². The lowest BCUT2D eigenvalue weighted by Gasteiger charge is -2.17. The van der Waals surface area contributed by atoms with E-state index < -0.39 is 0 Å². The van der Waals surface area contributed by atoms with E-state index in [0.717, 1.165) is 21.5 Å². The first-order valence-corrected chi connectivity index (χ1v) is 6.77. The molecule has 0 radical (unpaired) electrons. The molecule has 4 heteroatoms. The molecule has 3 nitrogen and oxygen atoms in total. The van der Waals surface area contributed by atoms with E-state index in [2.05, 4.69) is 15.9 Å². The maximum absolute atomic E-state index is 6.01. The summed E-state index contributed by atoms with van der Waals surface area (Å²) in [5.74, 6) is 2.19. The van der Waals surface area contributed by atoms with E-state index in [4.69, 9.17) is 15.2 Å². The van der Waals surface area contributed by atoms with Crippen molar-refractivity contribution in [3.63, 3.8) is 0 Å². The van der Waals surface area contributed by atoms with Crippen LogP contribution in [0.5, 0.6) is 17.2 Å². The molecule has 0 heterocycles. The number of nitrogens with two attached hydrogens (primary N) is 1. The predicted molar refractivity (Wildman–Crippen MR) is 79.8 cm³/mol. The van der Waals surface area contributed by atoms with Gasteiger partial charge in [-0.1, -0.05) is 18.2 Å². The van der Waals surface area contributed by atoms with Crippen LogP contribution in [0.4, 0.5) is 0 Å². The molecule has 2 N–H and O–H groups in total. The summed E-state index contributed by atoms with van der Waals surface area (Å²) in [7, 11) is 1.63. The molecule has 0 saturated carbocycles. The van der Waals surface area contributed by atoms with Gasteiger partial charge in [0.25, 0.3) is 0 Å². The average Bonchev–Trinajstić information content (AvgIpc) is 2.40. The van der Waals surface area contributed by atoms with Crippen LogP contribution in [0.15, 0.2) is 46.9 Å². The second kappa shape index (κ2) is 6.08. The van der Waals surface area contributed by atoms with Gasteiger partial charge in [0, 0.05) is 6.04 Å². The zero-order chi connectivity index (χ0) is 13.8. The van der Waals surface area contributed by atoms with Crippen LogP contribution in [0.25, 0.3) is 0 Å². The third-order valence-corrected chi connectivity index (χ3v) is 3.41. The minimum atomic E-state index is -0.173. The van der Waals surface area contributed by atoms with E-state index in [1.165, 1.54) is 0 Å². The summed E-state index contributed by atoms with van der Waals surface area (Å²) in [5.41, 5.74) is 6.87. The molecule has 1 unspecified atom stereocenters. The summed E-state index contributed by atoms with van der Waals surface area (Å²) in [6.45, 7) is 1.91. The topological polar surface area (TPSA) is 44.5 Å². The lowest BCUT2D eigenvalue weighted by atomic mass is 10.1. The third kappa shape index (κ3) is 3.08. The van der Waals surface area contributed by atoms with E-state index in [1.807, 2.05) is 49.4 Å². The van der Waals surface area contributed by atoms with Crippen LogP contribution in [0.2, 0.25) is 0 Å². The van der Waals surface area contributed by atoms with Gasteiger partial charge >= 0.3 is 0 Å². The fourth-order valence-corrected chi connectivity index (χ4v) is 2.25. The lowest BCUT2D eigenvalue weighted by molar-refractivity contribution is 0.397. The summed E-state index contributed by atoms with van der Waals surface area (Å²) >= 11 is 3.46. The molecule has 1 atom stereocenters. The maximum atomic E-state index is 6.01. The molecule has 100 valence electrons. The molecule has 19 heavy (non-hydrogen) atoms. The average molecular weight is 322 g/mol. The Morgan fingerprint density at radius 1 is 1.00 bits per heavy atom. The Labute approximate surface area is 121 Å². The van der Waals surface area contributed by atoms with Crippen molar-refractivity contribution < 1.29 is 9.47 Å². The molecule has 0 fully saturated rings. The second-order valence-electron chi connectivity index (χ2n) is 4.19. The fraction of sp³-hybridized carbons (Fsp3) is 0.200. The highest BCUT2D eigenvalue weighted by atomic mass is 79.9. The molecule has 0 bridgehead atoms. The van der Waals surface area contributed by atoms with Crippen molar-refractivity contribution in [2.45, 2.75) is 13.0 Å². The first-order chi connectivity index (χ1) is 9.13. The van der Waals surface area contributed by atoms with E-state index in [0.29, 0.717) is 5.75 Å². The van der Waals surface area contributed by atoms with E-state index in [-0.39, 0.29) is 6.04 Å². The normalized spacial score (nSPS) is 12.0. The second-order valence-corrected chi connectivity index (χ2v) is 5.05. The predicted octanol–water partition coefficient (Wildman–Crippen LogP) is 4.27. The van der Waals surface area contributed by atoms with Gasteiger partial charge in [0.15, 0.2) is 0 Å². The van der Waals surface area contributed by atoms with Gasteiger partial charge in [-0.05, 0) is 47.1 Å². The molecule has 2 aromatic carbocycles. The van der Waals surface area contributed by atoms with Crippen LogP contribution >= 0.6 is 15.9 Å². The van der Waals surface area contributed by atoms with Gasteiger partial charge in [0.1, 0.15) is 17.2 Å². The Bertz CT molecular complexity index is 570. The van der Waals surface area contributed by atoms with Crippen molar-refractivity contribution in [3.8, 4) is 17.2 Å². The molecule has 0 aromatic heterocycles. The molecule has 2 aromatic rings. The monoisotopic (exact) mass is 321 g/mol. The van der Waals surface area contributed by atoms with Crippen LogP contribution < -0.4 is 15.2 Å². The molecule has 0 aliphatic carbocycles. The number of methoxy groups -OCH3 is 1. The molecular weight excluding hydrogens is 306 g/mol. The first-order valence-electron chi connectivity index (χ1n) is 5.98. The maximum Gasteiger partial charge on any atom is 0.141 e. The summed E-state index contributed by atoms with van der Waals surface area (Å²) in [5, 5.41) is 0. The number of hydrogen-bond donors (Lipinski definition) is 1. The van der Waals surface area contributed by atoms with Gasteiger partial charge in [0.05, 0.1) is 17.1 Å². The quantitative estimate of drug-likeness (QED) is 0.914. The number of rotatable bonds is 4. The number of halogens is 1. The minimum absolute atomic E-state index is 0.173. The Kier molecular flexibility index (Phi) is 4.45. The van der Waals surface area contributed by atoms with Crippen molar-refractivity contribution in [2.75, 3.05) is 7.11 Å². The molecule has 0 spiro atoms. The molecule has 0 aliphatic rings. The smallest absolute Gasteiger partial charge is 0.141 e. The first kappa shape index (κ1) is 13.9. The van der Waals surface area contributed by atoms with Crippen LogP contribution in [0, 0.1) is 0 Å². The van der Waals surface area contributed by atoms with Gasteiger partial charge in [0.2, 0.25) is 0 Å². The Morgan fingerprint density at radius 2 is 1.63 bits per heavy atom. The summed E-state index contributed by atoms with van der Waals surface area (Å²) in [6, 6.07) is 13.2. The highest BCUT2D eigenvalue weighted by Crippen LogP contribution is 2.37. The largest absolute Gasteiger partial charge is 0.496 e. The van der Waals surface area contributed by atoms with Gasteiger partial charge in [-0.2, -0.15) is 0 Å². The van der Waals surface area contributed by atoms with Crippen molar-refractivity contribution in [3.05, 3.63) is 52.5 Å². The summed E-state index contributed by atoms with van der Waals surface area (Å²) in [4.78, 5) is 0. The van der Waals surface area contributed by atoms with Crippen LogP contribution in [-0.4, -0.2) is 7.11 Å². The number of para-hydroxylation sites is 1. The van der Waals surface area contributed by atoms with E-state index in [9.17, 15) is 0 Å². The summed E-state index contributed by atoms with van der Waals surface area (Å²) in [6.07, 6.45) is 0. The van der Waals surface area contributed by atoms with Crippen LogP contribution in [0.3, 0.4) is 0 Å². The number of ether oxygens (including phenoxy) is 2. The Morgan fingerprint density at radius 3 is 2.26 bits per heavy atom. The van der Waals surface area contributed by atoms with Crippen LogP contribution in [0.1, 0.15) is 18.5 Å². The van der Waals surface area contributed by atoms with Gasteiger partial charge in [-0.3, -0.25) is 0 Å². The van der Waals surface area contributed by atoms with Crippen molar-refractivity contribution in [1.29, 1.82) is 0 Å². The number of benzene rings is 2. The highest BCUT2D eigenvalue weighted by molar-refractivity contribution is 9.10. The molecule has 0 amide bonds. The molecular formula is C15H16BrNO2. The van der Waals surface area contributed by atoms with Gasteiger partial charge in [-0.25, -0.2) is 0 Å². The SMILES string of the molecule is COc1cccc(Oc2ccccc2Br)c1C(C)N. The van der Waals surface area contributed by atoms with Gasteiger partial charge in [-0.15, -0.1) is 0 Å². The van der Waals surface area contributed by atoms with E-state index in [1.54, 1.807) is 7.11 Å². The number of hydrogen-bond acceptors (Lipinski definition) is 3. The lowest BCUT2D eigenvalue weighted by Crippen LogP contribution is -2.08. The van der Waals surface area contributed by atoms with E-state index >= 15 is 0 Å². The Hall–Kier alpha value is -1.52. The fourth-order valence-electron chi connectivity index (χ4n) is 1.89. The molecule has 0 aliphatic heterocycles. The molecule has 0 saturated heterocycles. The molecule has 2 rings (SSSR count). The van der Waals surface area contributed by atoms with Gasteiger partial charge < -0.3 is 15.2 Å². The zero-order valence-electron chi connectivity index (χ0n) is 10.9.